The summed E-state index contributed by atoms with van der Waals surface area (Å²) in [6.45, 7) is 7.12. The quantitative estimate of drug-likeness (QED) is 0.612. The van der Waals surface area contributed by atoms with E-state index in [-0.39, 0.29) is 0 Å². The molecule has 0 atom stereocenters. The SMILES string of the molecule is CCCCc1cc(CCCC)c(O)c(CNCCN(C)C)c1. The summed E-state index contributed by atoms with van der Waals surface area (Å²) in [5.41, 5.74) is 3.55. The zero-order valence-electron chi connectivity index (χ0n) is 14.9. The minimum Gasteiger partial charge on any atom is -0.507 e. The number of aryl methyl sites for hydroxylation is 2. The number of phenolic OH excluding ortho intramolecular Hbond substituents is 1. The van der Waals surface area contributed by atoms with Crippen molar-refractivity contribution < 1.29 is 5.11 Å². The van der Waals surface area contributed by atoms with Gasteiger partial charge >= 0.3 is 0 Å². The van der Waals surface area contributed by atoms with E-state index in [0.717, 1.165) is 56.4 Å². The van der Waals surface area contributed by atoms with Crippen molar-refractivity contribution in [3.63, 3.8) is 0 Å². The van der Waals surface area contributed by atoms with Gasteiger partial charge in [-0.05, 0) is 50.9 Å². The van der Waals surface area contributed by atoms with Gasteiger partial charge in [-0.1, -0.05) is 38.8 Å². The van der Waals surface area contributed by atoms with Crippen molar-refractivity contribution in [3.8, 4) is 5.75 Å². The number of likely N-dealkylation sites (N-methyl/N-ethyl adjacent to an activating group) is 1. The lowest BCUT2D eigenvalue weighted by Gasteiger charge is -2.15. The smallest absolute Gasteiger partial charge is 0.123 e. The molecule has 0 aliphatic carbocycles. The summed E-state index contributed by atoms with van der Waals surface area (Å²) in [5.74, 6) is 0.506. The van der Waals surface area contributed by atoms with Gasteiger partial charge in [0.05, 0.1) is 0 Å². The number of unbranched alkanes of at least 4 members (excludes halogenated alkanes) is 2. The van der Waals surface area contributed by atoms with Crippen LogP contribution in [-0.2, 0) is 19.4 Å². The second-order valence-electron chi connectivity index (χ2n) is 6.45. The first kappa shape index (κ1) is 19.0. The number of aromatic hydroxyl groups is 1. The predicted molar refractivity (Wildman–Crippen MR) is 95.6 cm³/mol. The highest BCUT2D eigenvalue weighted by atomic mass is 16.3. The molecule has 0 bridgehead atoms. The lowest BCUT2D eigenvalue weighted by molar-refractivity contribution is 0.397. The first-order valence-electron chi connectivity index (χ1n) is 8.77. The summed E-state index contributed by atoms with van der Waals surface area (Å²) in [6, 6.07) is 4.40. The van der Waals surface area contributed by atoms with Crippen LogP contribution in [0.15, 0.2) is 12.1 Å². The standard InChI is InChI=1S/C19H34N2O/c1-5-7-9-16-13-17(10-8-6-2)19(22)18(14-16)15-20-11-12-21(3)4/h13-14,20,22H,5-12,15H2,1-4H3. The van der Waals surface area contributed by atoms with Crippen LogP contribution < -0.4 is 5.32 Å². The van der Waals surface area contributed by atoms with Crippen LogP contribution in [0.4, 0.5) is 0 Å². The average Bonchev–Trinajstić information content (AvgIpc) is 2.50. The third kappa shape index (κ3) is 6.80. The summed E-state index contributed by atoms with van der Waals surface area (Å²) in [4.78, 5) is 2.16. The molecule has 0 fully saturated rings. The van der Waals surface area contributed by atoms with E-state index in [4.69, 9.17) is 0 Å². The van der Waals surface area contributed by atoms with E-state index < -0.39 is 0 Å². The molecule has 3 heteroatoms. The van der Waals surface area contributed by atoms with Gasteiger partial charge in [-0.3, -0.25) is 0 Å². The Morgan fingerprint density at radius 1 is 1.00 bits per heavy atom. The molecule has 0 amide bonds. The summed E-state index contributed by atoms with van der Waals surface area (Å²) in [7, 11) is 4.15. The number of nitrogens with one attached hydrogen (secondary N) is 1. The fourth-order valence-electron chi connectivity index (χ4n) is 2.58. The number of hydrogen-bond acceptors (Lipinski definition) is 3. The Hall–Kier alpha value is -1.06. The molecule has 0 aliphatic rings. The first-order valence-corrected chi connectivity index (χ1v) is 8.77. The molecular weight excluding hydrogens is 272 g/mol. The molecule has 1 aromatic carbocycles. The van der Waals surface area contributed by atoms with Crippen LogP contribution in [0.5, 0.6) is 5.75 Å². The molecule has 1 aromatic rings. The normalized spacial score (nSPS) is 11.3. The van der Waals surface area contributed by atoms with E-state index in [0.29, 0.717) is 5.75 Å². The summed E-state index contributed by atoms with van der Waals surface area (Å²) in [6.07, 6.45) is 6.81. The molecule has 0 radical (unpaired) electrons. The van der Waals surface area contributed by atoms with Crippen molar-refractivity contribution >= 4 is 0 Å². The lowest BCUT2D eigenvalue weighted by Crippen LogP contribution is -2.26. The predicted octanol–water partition coefficient (Wildman–Crippen LogP) is 3.73. The second kappa shape index (κ2) is 10.6. The molecule has 3 nitrogen and oxygen atoms in total. The van der Waals surface area contributed by atoms with E-state index >= 15 is 0 Å². The van der Waals surface area contributed by atoms with Crippen LogP contribution in [-0.4, -0.2) is 37.2 Å². The van der Waals surface area contributed by atoms with Crippen LogP contribution >= 0.6 is 0 Å². The average molecular weight is 306 g/mol. The number of phenols is 1. The second-order valence-corrected chi connectivity index (χ2v) is 6.45. The maximum Gasteiger partial charge on any atom is 0.123 e. The van der Waals surface area contributed by atoms with Crippen molar-refractivity contribution in [3.05, 3.63) is 28.8 Å². The Morgan fingerprint density at radius 3 is 2.27 bits per heavy atom. The van der Waals surface area contributed by atoms with E-state index in [1.165, 1.54) is 18.4 Å². The minimum atomic E-state index is 0.506. The molecule has 0 saturated carbocycles. The Balaban J connectivity index is 2.77. The highest BCUT2D eigenvalue weighted by Gasteiger charge is 2.10. The fraction of sp³-hybridized carbons (Fsp3) is 0.684. The van der Waals surface area contributed by atoms with E-state index in [2.05, 4.69) is 50.3 Å². The molecular formula is C19H34N2O. The molecule has 0 aromatic heterocycles. The largest absolute Gasteiger partial charge is 0.507 e. The van der Waals surface area contributed by atoms with Gasteiger partial charge in [-0.15, -0.1) is 0 Å². The van der Waals surface area contributed by atoms with Crippen molar-refractivity contribution in [1.82, 2.24) is 10.2 Å². The Bertz CT molecular complexity index is 430. The molecule has 2 N–H and O–H groups in total. The zero-order valence-corrected chi connectivity index (χ0v) is 14.9. The van der Waals surface area contributed by atoms with Crippen molar-refractivity contribution in [2.75, 3.05) is 27.2 Å². The van der Waals surface area contributed by atoms with Crippen LogP contribution in [0, 0.1) is 0 Å². The lowest BCUT2D eigenvalue weighted by atomic mass is 9.97. The highest BCUT2D eigenvalue weighted by Crippen LogP contribution is 2.27. The molecule has 0 spiro atoms. The molecule has 1 rings (SSSR count). The van der Waals surface area contributed by atoms with Gasteiger partial charge < -0.3 is 15.3 Å². The van der Waals surface area contributed by atoms with Crippen LogP contribution in [0.3, 0.4) is 0 Å². The van der Waals surface area contributed by atoms with Gasteiger partial charge in [0, 0.05) is 25.2 Å². The van der Waals surface area contributed by atoms with Gasteiger partial charge in [0.2, 0.25) is 0 Å². The number of hydrogen-bond donors (Lipinski definition) is 2. The van der Waals surface area contributed by atoms with Crippen molar-refractivity contribution in [2.45, 2.75) is 58.9 Å². The molecule has 0 saturated heterocycles. The van der Waals surface area contributed by atoms with Gasteiger partial charge in [0.15, 0.2) is 0 Å². The molecule has 126 valence electrons. The Kier molecular flexibility index (Phi) is 9.17. The monoisotopic (exact) mass is 306 g/mol. The van der Waals surface area contributed by atoms with Crippen molar-refractivity contribution in [2.24, 2.45) is 0 Å². The topological polar surface area (TPSA) is 35.5 Å². The van der Waals surface area contributed by atoms with Gasteiger partial charge in [0.25, 0.3) is 0 Å². The van der Waals surface area contributed by atoms with E-state index in [1.807, 2.05) is 0 Å². The number of nitrogens with zero attached hydrogens (tertiary/aromatic N) is 1. The Morgan fingerprint density at radius 2 is 1.64 bits per heavy atom. The van der Waals surface area contributed by atoms with E-state index in [1.54, 1.807) is 0 Å². The summed E-state index contributed by atoms with van der Waals surface area (Å²) < 4.78 is 0. The van der Waals surface area contributed by atoms with Gasteiger partial charge in [-0.2, -0.15) is 0 Å². The Labute approximate surface area is 136 Å². The zero-order chi connectivity index (χ0) is 16.4. The van der Waals surface area contributed by atoms with Crippen LogP contribution in [0.25, 0.3) is 0 Å². The summed E-state index contributed by atoms with van der Waals surface area (Å²) in [5, 5.41) is 14.0. The minimum absolute atomic E-state index is 0.506. The first-order chi connectivity index (χ1) is 10.6. The summed E-state index contributed by atoms with van der Waals surface area (Å²) >= 11 is 0. The molecule has 0 unspecified atom stereocenters. The third-order valence-electron chi connectivity index (χ3n) is 4.00. The fourth-order valence-corrected chi connectivity index (χ4v) is 2.58. The number of rotatable bonds is 11. The maximum atomic E-state index is 10.5. The maximum absolute atomic E-state index is 10.5. The number of benzene rings is 1. The highest BCUT2D eigenvalue weighted by molar-refractivity contribution is 5.44. The van der Waals surface area contributed by atoms with Crippen molar-refractivity contribution in [1.29, 1.82) is 0 Å². The molecule has 0 aliphatic heterocycles. The molecule has 0 heterocycles. The van der Waals surface area contributed by atoms with Crippen LogP contribution in [0.2, 0.25) is 0 Å². The molecule has 22 heavy (non-hydrogen) atoms. The van der Waals surface area contributed by atoms with Gasteiger partial charge in [-0.25, -0.2) is 0 Å². The van der Waals surface area contributed by atoms with E-state index in [9.17, 15) is 5.11 Å². The van der Waals surface area contributed by atoms with Crippen LogP contribution in [0.1, 0.15) is 56.2 Å². The third-order valence-corrected chi connectivity index (χ3v) is 4.00. The van der Waals surface area contributed by atoms with Gasteiger partial charge in [0.1, 0.15) is 5.75 Å².